The van der Waals surface area contributed by atoms with E-state index < -0.39 is 6.03 Å². The van der Waals surface area contributed by atoms with Crippen LogP contribution in [0.15, 0.2) is 35.7 Å². The van der Waals surface area contributed by atoms with Crippen LogP contribution in [0.25, 0.3) is 0 Å². The molecule has 0 spiro atoms. The van der Waals surface area contributed by atoms with E-state index in [1.54, 1.807) is 18.4 Å². The lowest BCUT2D eigenvalue weighted by Gasteiger charge is -2.15. The molecule has 2 rings (SSSR count). The van der Waals surface area contributed by atoms with Crippen LogP contribution in [0.3, 0.4) is 0 Å². The van der Waals surface area contributed by atoms with Crippen LogP contribution >= 0.6 is 11.3 Å². The molecule has 3 N–H and O–H groups in total. The Kier molecular flexibility index (Phi) is 8.09. The van der Waals surface area contributed by atoms with Crippen molar-refractivity contribution in [3.63, 3.8) is 0 Å². The van der Waals surface area contributed by atoms with Gasteiger partial charge in [-0.3, -0.25) is 10.1 Å². The van der Waals surface area contributed by atoms with Gasteiger partial charge in [0.1, 0.15) is 6.54 Å². The van der Waals surface area contributed by atoms with Crippen molar-refractivity contribution in [3.8, 4) is 11.5 Å². The van der Waals surface area contributed by atoms with E-state index >= 15 is 0 Å². The van der Waals surface area contributed by atoms with Gasteiger partial charge in [0, 0.05) is 10.4 Å². The van der Waals surface area contributed by atoms with E-state index in [2.05, 4.69) is 10.6 Å². The molecule has 0 radical (unpaired) electrons. The molecule has 0 bridgehead atoms. The fraction of sp³-hybridized carbons (Fsp3) is 0.368. The number of carbonyl (C=O) groups is 2. The summed E-state index contributed by atoms with van der Waals surface area (Å²) in [4.78, 5) is 25.8. The van der Waals surface area contributed by atoms with Crippen molar-refractivity contribution in [2.75, 3.05) is 27.3 Å². The Labute approximate surface area is 163 Å². The number of rotatable bonds is 9. The minimum absolute atomic E-state index is 0.182. The van der Waals surface area contributed by atoms with Gasteiger partial charge in [-0.15, -0.1) is 11.3 Å². The number of hydrogen-bond donors (Lipinski definition) is 3. The second-order valence-corrected chi connectivity index (χ2v) is 7.07. The number of hydrogen-bond acceptors (Lipinski definition) is 5. The number of imide groups is 1. The van der Waals surface area contributed by atoms with E-state index in [1.807, 2.05) is 49.7 Å². The lowest BCUT2D eigenvalue weighted by molar-refractivity contribution is -0.885. The topological polar surface area (TPSA) is 81.1 Å². The summed E-state index contributed by atoms with van der Waals surface area (Å²) in [6.07, 6.45) is 0. The standard InChI is InChI=1S/C19H25N3O4S/c1-4-26-16-8-7-14(10-17(16)25-3)12-22(2)13-18(23)21-19(24)20-11-15-6-5-9-27-15/h5-10H,4,11-13H2,1-3H3,(H2,20,21,23,24)/p+1. The minimum Gasteiger partial charge on any atom is -0.493 e. The molecule has 0 aliphatic carbocycles. The highest BCUT2D eigenvalue weighted by Crippen LogP contribution is 2.27. The second kappa shape index (κ2) is 10.5. The zero-order valence-corrected chi connectivity index (χ0v) is 16.7. The van der Waals surface area contributed by atoms with Gasteiger partial charge in [0.15, 0.2) is 18.0 Å². The van der Waals surface area contributed by atoms with Gasteiger partial charge in [-0.25, -0.2) is 4.79 Å². The molecule has 0 saturated carbocycles. The number of quaternary nitrogens is 1. The van der Waals surface area contributed by atoms with Gasteiger partial charge in [-0.2, -0.15) is 0 Å². The Morgan fingerprint density at radius 1 is 1.22 bits per heavy atom. The van der Waals surface area contributed by atoms with Crippen molar-refractivity contribution in [2.45, 2.75) is 20.0 Å². The van der Waals surface area contributed by atoms with E-state index in [-0.39, 0.29) is 12.5 Å². The SMILES string of the molecule is CCOc1ccc(C[NH+](C)CC(=O)NC(=O)NCc2cccs2)cc1OC. The zero-order chi connectivity index (χ0) is 19.6. The molecule has 7 nitrogen and oxygen atoms in total. The maximum atomic E-state index is 12.0. The van der Waals surface area contributed by atoms with Gasteiger partial charge < -0.3 is 19.7 Å². The fourth-order valence-corrected chi connectivity index (χ4v) is 3.22. The summed E-state index contributed by atoms with van der Waals surface area (Å²) in [5.41, 5.74) is 1.02. The molecule has 146 valence electrons. The number of carbonyl (C=O) groups excluding carboxylic acids is 2. The van der Waals surface area contributed by atoms with Gasteiger partial charge in [-0.1, -0.05) is 6.07 Å². The Morgan fingerprint density at radius 3 is 2.70 bits per heavy atom. The molecular formula is C19H26N3O4S+. The lowest BCUT2D eigenvalue weighted by atomic mass is 10.2. The van der Waals surface area contributed by atoms with Crippen molar-refractivity contribution in [1.29, 1.82) is 0 Å². The first kappa shape index (κ1) is 20.7. The van der Waals surface area contributed by atoms with Crippen LogP contribution in [0, 0.1) is 0 Å². The molecule has 8 heteroatoms. The molecule has 1 heterocycles. The maximum Gasteiger partial charge on any atom is 0.321 e. The Morgan fingerprint density at radius 2 is 2.04 bits per heavy atom. The molecule has 2 aromatic rings. The number of benzene rings is 1. The first-order valence-corrected chi connectivity index (χ1v) is 9.60. The van der Waals surface area contributed by atoms with Gasteiger partial charge in [0.25, 0.3) is 5.91 Å². The molecule has 0 fully saturated rings. The average Bonchev–Trinajstić information content (AvgIpc) is 3.14. The Balaban J connectivity index is 1.79. The molecule has 0 aliphatic heterocycles. The van der Waals surface area contributed by atoms with Crippen molar-refractivity contribution in [2.24, 2.45) is 0 Å². The molecule has 1 aromatic carbocycles. The minimum atomic E-state index is -0.482. The van der Waals surface area contributed by atoms with Crippen LogP contribution in [0.4, 0.5) is 4.79 Å². The highest BCUT2D eigenvalue weighted by Gasteiger charge is 2.15. The fourth-order valence-electron chi connectivity index (χ4n) is 2.58. The summed E-state index contributed by atoms with van der Waals surface area (Å²) in [5, 5.41) is 6.97. The summed E-state index contributed by atoms with van der Waals surface area (Å²) in [6, 6.07) is 9.07. The molecule has 1 atom stereocenters. The number of nitrogens with one attached hydrogen (secondary N) is 3. The van der Waals surface area contributed by atoms with Gasteiger partial charge in [0.05, 0.1) is 27.3 Å². The van der Waals surface area contributed by atoms with E-state index in [1.165, 1.54) is 0 Å². The van der Waals surface area contributed by atoms with Crippen LogP contribution < -0.4 is 25.0 Å². The molecular weight excluding hydrogens is 366 g/mol. The van der Waals surface area contributed by atoms with Gasteiger partial charge >= 0.3 is 6.03 Å². The zero-order valence-electron chi connectivity index (χ0n) is 15.8. The van der Waals surface area contributed by atoms with E-state index in [4.69, 9.17) is 9.47 Å². The van der Waals surface area contributed by atoms with E-state index in [0.29, 0.717) is 31.2 Å². The summed E-state index contributed by atoms with van der Waals surface area (Å²) < 4.78 is 10.9. The van der Waals surface area contributed by atoms with Crippen LogP contribution in [0.5, 0.6) is 11.5 Å². The molecule has 0 aliphatic rings. The molecule has 1 aromatic heterocycles. The van der Waals surface area contributed by atoms with Crippen LogP contribution in [-0.2, 0) is 17.9 Å². The second-order valence-electron chi connectivity index (χ2n) is 6.04. The third-order valence-electron chi connectivity index (χ3n) is 3.75. The van der Waals surface area contributed by atoms with Crippen molar-refractivity contribution < 1.29 is 24.0 Å². The smallest absolute Gasteiger partial charge is 0.321 e. The molecule has 3 amide bonds. The summed E-state index contributed by atoms with van der Waals surface area (Å²) in [6.45, 7) is 3.69. The quantitative estimate of drug-likeness (QED) is 0.599. The van der Waals surface area contributed by atoms with Crippen molar-refractivity contribution in [1.82, 2.24) is 10.6 Å². The highest BCUT2D eigenvalue weighted by atomic mass is 32.1. The van der Waals surface area contributed by atoms with Gasteiger partial charge in [0.2, 0.25) is 0 Å². The maximum absolute atomic E-state index is 12.0. The first-order valence-electron chi connectivity index (χ1n) is 8.73. The predicted octanol–water partition coefficient (Wildman–Crippen LogP) is 1.20. The largest absolute Gasteiger partial charge is 0.493 e. The Bertz CT molecular complexity index is 749. The number of methoxy groups -OCH3 is 1. The van der Waals surface area contributed by atoms with Crippen molar-refractivity contribution >= 4 is 23.3 Å². The first-order chi connectivity index (χ1) is 13.0. The van der Waals surface area contributed by atoms with E-state index in [9.17, 15) is 9.59 Å². The normalized spacial score (nSPS) is 11.5. The monoisotopic (exact) mass is 392 g/mol. The van der Waals surface area contributed by atoms with E-state index in [0.717, 1.165) is 15.3 Å². The summed E-state index contributed by atoms with van der Waals surface area (Å²) >= 11 is 1.55. The third kappa shape index (κ3) is 6.92. The molecule has 27 heavy (non-hydrogen) atoms. The lowest BCUT2D eigenvalue weighted by Crippen LogP contribution is -3.09. The third-order valence-corrected chi connectivity index (χ3v) is 4.63. The van der Waals surface area contributed by atoms with Gasteiger partial charge in [-0.05, 0) is 36.6 Å². The number of likely N-dealkylation sites (N-methyl/N-ethyl adjacent to an activating group) is 1. The predicted molar refractivity (Wildman–Crippen MR) is 104 cm³/mol. The molecule has 0 saturated heterocycles. The highest BCUT2D eigenvalue weighted by molar-refractivity contribution is 7.09. The summed E-state index contributed by atoms with van der Waals surface area (Å²) in [7, 11) is 3.49. The number of urea groups is 1. The number of thiophene rings is 1. The molecule has 1 unspecified atom stereocenters. The van der Waals surface area contributed by atoms with Crippen LogP contribution in [-0.4, -0.2) is 39.2 Å². The average molecular weight is 393 g/mol. The van der Waals surface area contributed by atoms with Crippen LogP contribution in [0.2, 0.25) is 0 Å². The number of ether oxygens (including phenoxy) is 2. The van der Waals surface area contributed by atoms with Crippen LogP contribution in [0.1, 0.15) is 17.4 Å². The Hall–Kier alpha value is -2.58. The van der Waals surface area contributed by atoms with Crippen molar-refractivity contribution in [3.05, 3.63) is 46.2 Å². The summed E-state index contributed by atoms with van der Waals surface area (Å²) in [5.74, 6) is 1.04. The number of amides is 3.